The van der Waals surface area contributed by atoms with Crippen LogP contribution in [0.4, 0.5) is 11.5 Å². The van der Waals surface area contributed by atoms with Crippen molar-refractivity contribution in [3.8, 4) is 16.9 Å². The van der Waals surface area contributed by atoms with Crippen molar-refractivity contribution in [2.75, 3.05) is 5.32 Å². The minimum absolute atomic E-state index is 0.0785. The van der Waals surface area contributed by atoms with Gasteiger partial charge in [0.15, 0.2) is 5.82 Å². The van der Waals surface area contributed by atoms with E-state index in [-0.39, 0.29) is 5.56 Å². The molecule has 1 aromatic carbocycles. The fraction of sp³-hybridized carbons (Fsp3) is 0.0952. The standard InChI is InChI=1S/C21H18ClN5O/c1-14-13-26(2)27(21(14)28)20-11-16(7-9-24-20)15-6-8-23-19(10-15)25-18-5-3-4-17(22)12-18/h3-13H,1-2H3,(H,23,25). The van der Waals surface area contributed by atoms with Gasteiger partial charge in [0.2, 0.25) is 0 Å². The molecular weight excluding hydrogens is 374 g/mol. The minimum atomic E-state index is -0.0785. The Bertz CT molecular complexity index is 1210. The van der Waals surface area contributed by atoms with Crippen LogP contribution in [0.25, 0.3) is 16.9 Å². The highest BCUT2D eigenvalue weighted by Crippen LogP contribution is 2.25. The van der Waals surface area contributed by atoms with Gasteiger partial charge < -0.3 is 5.32 Å². The lowest BCUT2D eigenvalue weighted by atomic mass is 10.1. The second-order valence-corrected chi connectivity index (χ2v) is 6.91. The van der Waals surface area contributed by atoms with Crippen LogP contribution in [0.3, 0.4) is 0 Å². The van der Waals surface area contributed by atoms with Crippen molar-refractivity contribution in [1.29, 1.82) is 0 Å². The SMILES string of the molecule is Cc1cn(C)n(-c2cc(-c3ccnc(Nc4cccc(Cl)c4)c3)ccn2)c1=O. The first-order valence-electron chi connectivity index (χ1n) is 8.72. The van der Waals surface area contributed by atoms with Gasteiger partial charge in [0, 0.05) is 41.9 Å². The van der Waals surface area contributed by atoms with Crippen LogP contribution < -0.4 is 10.9 Å². The zero-order chi connectivity index (χ0) is 19.7. The number of benzene rings is 1. The third-order valence-corrected chi connectivity index (χ3v) is 4.61. The van der Waals surface area contributed by atoms with E-state index >= 15 is 0 Å². The smallest absolute Gasteiger partial charge is 0.275 e. The summed E-state index contributed by atoms with van der Waals surface area (Å²) in [5.74, 6) is 1.27. The van der Waals surface area contributed by atoms with Crippen molar-refractivity contribution >= 4 is 23.1 Å². The average Bonchev–Trinajstić information content (AvgIpc) is 2.94. The lowest BCUT2D eigenvalue weighted by Gasteiger charge is -2.10. The van der Waals surface area contributed by atoms with E-state index in [1.165, 1.54) is 0 Å². The first kappa shape index (κ1) is 18.0. The Balaban J connectivity index is 1.69. The molecule has 1 N–H and O–H groups in total. The molecule has 0 amide bonds. The average molecular weight is 392 g/mol. The summed E-state index contributed by atoms with van der Waals surface area (Å²) in [7, 11) is 1.82. The van der Waals surface area contributed by atoms with Crippen molar-refractivity contribution < 1.29 is 0 Å². The Morgan fingerprint density at radius 2 is 1.75 bits per heavy atom. The van der Waals surface area contributed by atoms with Crippen molar-refractivity contribution in [2.45, 2.75) is 6.92 Å². The summed E-state index contributed by atoms with van der Waals surface area (Å²) in [5.41, 5.74) is 3.35. The first-order valence-corrected chi connectivity index (χ1v) is 9.10. The van der Waals surface area contributed by atoms with Crippen molar-refractivity contribution in [3.05, 3.63) is 88.1 Å². The summed E-state index contributed by atoms with van der Waals surface area (Å²) < 4.78 is 3.29. The van der Waals surface area contributed by atoms with E-state index in [0.717, 1.165) is 16.8 Å². The Morgan fingerprint density at radius 1 is 1.00 bits per heavy atom. The minimum Gasteiger partial charge on any atom is -0.340 e. The third-order valence-electron chi connectivity index (χ3n) is 4.38. The highest BCUT2D eigenvalue weighted by atomic mass is 35.5. The molecule has 0 saturated heterocycles. The van der Waals surface area contributed by atoms with Crippen LogP contribution in [0.15, 0.2) is 71.9 Å². The van der Waals surface area contributed by atoms with Crippen LogP contribution in [0.5, 0.6) is 0 Å². The number of rotatable bonds is 4. The molecule has 0 aliphatic heterocycles. The molecule has 0 atom stereocenters. The summed E-state index contributed by atoms with van der Waals surface area (Å²) in [6.07, 6.45) is 5.22. The van der Waals surface area contributed by atoms with E-state index in [4.69, 9.17) is 11.6 Å². The maximum atomic E-state index is 12.4. The summed E-state index contributed by atoms with van der Waals surface area (Å²) >= 11 is 6.04. The van der Waals surface area contributed by atoms with Crippen LogP contribution in [-0.2, 0) is 7.05 Å². The number of halogens is 1. The van der Waals surface area contributed by atoms with Gasteiger partial charge in [-0.1, -0.05) is 17.7 Å². The molecule has 0 aliphatic carbocycles. The number of pyridine rings is 2. The molecule has 0 radical (unpaired) electrons. The first-order chi connectivity index (χ1) is 13.5. The second kappa shape index (κ2) is 7.32. The molecule has 140 valence electrons. The number of aromatic nitrogens is 4. The Kier molecular flexibility index (Phi) is 4.71. The van der Waals surface area contributed by atoms with Crippen molar-refractivity contribution in [1.82, 2.24) is 19.3 Å². The summed E-state index contributed by atoms with van der Waals surface area (Å²) in [5, 5.41) is 3.91. The van der Waals surface area contributed by atoms with Gasteiger partial charge in [0.1, 0.15) is 5.82 Å². The number of nitrogens with zero attached hydrogens (tertiary/aromatic N) is 4. The molecule has 4 rings (SSSR count). The van der Waals surface area contributed by atoms with E-state index in [2.05, 4.69) is 15.3 Å². The molecule has 7 heteroatoms. The van der Waals surface area contributed by atoms with Gasteiger partial charge >= 0.3 is 0 Å². The lowest BCUT2D eigenvalue weighted by Crippen LogP contribution is -2.21. The molecule has 0 saturated carbocycles. The van der Waals surface area contributed by atoms with Gasteiger partial charge in [0.25, 0.3) is 5.56 Å². The fourth-order valence-electron chi connectivity index (χ4n) is 3.08. The summed E-state index contributed by atoms with van der Waals surface area (Å²) in [4.78, 5) is 21.1. The normalized spacial score (nSPS) is 10.8. The predicted octanol–water partition coefficient (Wildman–Crippen LogP) is 4.34. The van der Waals surface area contributed by atoms with E-state index < -0.39 is 0 Å². The highest BCUT2D eigenvalue weighted by Gasteiger charge is 2.10. The highest BCUT2D eigenvalue weighted by molar-refractivity contribution is 6.30. The maximum Gasteiger partial charge on any atom is 0.275 e. The quantitative estimate of drug-likeness (QED) is 0.562. The number of nitrogens with one attached hydrogen (secondary N) is 1. The lowest BCUT2D eigenvalue weighted by molar-refractivity contribution is 0.634. The predicted molar refractivity (Wildman–Crippen MR) is 112 cm³/mol. The maximum absolute atomic E-state index is 12.4. The van der Waals surface area contributed by atoms with Gasteiger partial charge in [-0.15, -0.1) is 0 Å². The molecule has 6 nitrogen and oxygen atoms in total. The largest absolute Gasteiger partial charge is 0.340 e. The molecule has 4 aromatic rings. The fourth-order valence-corrected chi connectivity index (χ4v) is 3.27. The van der Waals surface area contributed by atoms with Crippen LogP contribution >= 0.6 is 11.6 Å². The molecular formula is C21H18ClN5O. The van der Waals surface area contributed by atoms with E-state index in [1.54, 1.807) is 34.9 Å². The Labute approximate surface area is 167 Å². The molecule has 0 aliphatic rings. The van der Waals surface area contributed by atoms with E-state index in [1.807, 2.05) is 55.6 Å². The number of hydrogen-bond donors (Lipinski definition) is 1. The number of aryl methyl sites for hydroxylation is 2. The Morgan fingerprint density at radius 3 is 2.46 bits per heavy atom. The number of anilines is 2. The Hall–Kier alpha value is -3.38. The van der Waals surface area contributed by atoms with Gasteiger partial charge in [-0.2, -0.15) is 4.68 Å². The van der Waals surface area contributed by atoms with Crippen LogP contribution in [-0.4, -0.2) is 19.3 Å². The van der Waals surface area contributed by atoms with Gasteiger partial charge in [0.05, 0.1) is 0 Å². The van der Waals surface area contributed by atoms with Crippen LogP contribution in [0.2, 0.25) is 5.02 Å². The topological polar surface area (TPSA) is 64.7 Å². The van der Waals surface area contributed by atoms with E-state index in [0.29, 0.717) is 22.2 Å². The molecule has 0 bridgehead atoms. The molecule has 0 fully saturated rings. The van der Waals surface area contributed by atoms with Gasteiger partial charge in [-0.05, 0) is 60.5 Å². The van der Waals surface area contributed by atoms with Crippen molar-refractivity contribution in [3.63, 3.8) is 0 Å². The monoisotopic (exact) mass is 391 g/mol. The molecule has 3 aromatic heterocycles. The summed E-state index contributed by atoms with van der Waals surface area (Å²) in [6.45, 7) is 1.79. The molecule has 3 heterocycles. The third kappa shape index (κ3) is 3.54. The second-order valence-electron chi connectivity index (χ2n) is 6.47. The molecule has 28 heavy (non-hydrogen) atoms. The number of hydrogen-bond acceptors (Lipinski definition) is 4. The molecule has 0 spiro atoms. The van der Waals surface area contributed by atoms with Gasteiger partial charge in [-0.3, -0.25) is 9.48 Å². The van der Waals surface area contributed by atoms with Crippen LogP contribution in [0.1, 0.15) is 5.56 Å². The summed E-state index contributed by atoms with van der Waals surface area (Å²) in [6, 6.07) is 15.1. The molecule has 0 unspecified atom stereocenters. The zero-order valence-electron chi connectivity index (χ0n) is 15.4. The van der Waals surface area contributed by atoms with Crippen LogP contribution in [0, 0.1) is 6.92 Å². The van der Waals surface area contributed by atoms with E-state index in [9.17, 15) is 4.79 Å². The van der Waals surface area contributed by atoms with Gasteiger partial charge in [-0.25, -0.2) is 9.97 Å². The van der Waals surface area contributed by atoms with Crippen molar-refractivity contribution in [2.24, 2.45) is 7.05 Å². The zero-order valence-corrected chi connectivity index (χ0v) is 16.2.